The number of nitrogens with zero attached hydrogens (tertiary/aromatic N) is 2. The van der Waals surface area contributed by atoms with Gasteiger partial charge in [-0.15, -0.1) is 0 Å². The maximum atomic E-state index is 12.7. The van der Waals surface area contributed by atoms with Gasteiger partial charge in [-0.25, -0.2) is 0 Å². The van der Waals surface area contributed by atoms with E-state index in [2.05, 4.69) is 9.88 Å². The molecule has 1 aromatic carbocycles. The fourth-order valence-corrected chi connectivity index (χ4v) is 4.74. The molecule has 7 nitrogen and oxygen atoms in total. The molecule has 2 heterocycles. The number of aromatic nitrogens is 2. The normalized spacial score (nSPS) is 19.2. The Hall–Kier alpha value is -1.67. The summed E-state index contributed by atoms with van der Waals surface area (Å²) in [5, 5.41) is 12.0. The van der Waals surface area contributed by atoms with Crippen molar-refractivity contribution in [2.75, 3.05) is 13.1 Å². The van der Waals surface area contributed by atoms with Crippen LogP contribution in [0.1, 0.15) is 51.4 Å². The minimum absolute atomic E-state index is 0. The predicted molar refractivity (Wildman–Crippen MR) is 109 cm³/mol. The smallest absolute Gasteiger partial charge is 0.545 e. The molecule has 0 atom stereocenters. The molecular weight excluding hydrogens is 393 g/mol. The number of carboxylic acid groups (broad SMARTS) is 1. The van der Waals surface area contributed by atoms with Gasteiger partial charge in [-0.2, -0.15) is 0 Å². The van der Waals surface area contributed by atoms with Crippen molar-refractivity contribution in [1.29, 1.82) is 0 Å². The molecule has 1 aliphatic carbocycles. The summed E-state index contributed by atoms with van der Waals surface area (Å²) in [7, 11) is 0. The van der Waals surface area contributed by atoms with E-state index in [4.69, 9.17) is 0 Å². The minimum atomic E-state index is -1.27. The third kappa shape index (κ3) is 4.64. The Bertz CT molecular complexity index is 1060. The fourth-order valence-electron chi connectivity index (χ4n) is 4.74. The van der Waals surface area contributed by atoms with Gasteiger partial charge in [0, 0.05) is 36.8 Å². The number of carbonyl (C=O) groups excluding carboxylic acids is 1. The summed E-state index contributed by atoms with van der Waals surface area (Å²) in [4.78, 5) is 41.7. The van der Waals surface area contributed by atoms with E-state index in [1.807, 2.05) is 0 Å². The molecule has 2 aromatic rings. The average Bonchev–Trinajstić information content (AvgIpc) is 2.69. The maximum absolute atomic E-state index is 12.7. The molecule has 1 aliphatic heterocycles. The minimum Gasteiger partial charge on any atom is -0.545 e. The van der Waals surface area contributed by atoms with Gasteiger partial charge in [0.25, 0.3) is 0 Å². The van der Waals surface area contributed by atoms with Crippen LogP contribution in [0.2, 0.25) is 0 Å². The monoisotopic (exact) mass is 419 g/mol. The summed E-state index contributed by atoms with van der Waals surface area (Å²) in [5.41, 5.74) is -0.0150. The molecule has 0 bridgehead atoms. The average molecular weight is 419 g/mol. The van der Waals surface area contributed by atoms with Gasteiger partial charge in [0.2, 0.25) is 0 Å². The Kier molecular flexibility index (Phi) is 7.74. The van der Waals surface area contributed by atoms with E-state index < -0.39 is 17.1 Å². The van der Waals surface area contributed by atoms with Crippen molar-refractivity contribution in [3.8, 4) is 0 Å². The van der Waals surface area contributed by atoms with E-state index >= 15 is 0 Å². The molecule has 1 saturated carbocycles. The molecule has 0 amide bonds. The Morgan fingerprint density at radius 1 is 1.03 bits per heavy atom. The fraction of sp³-hybridized carbons (Fsp3) is 0.500. The molecule has 1 N–H and O–H groups in total. The molecule has 2 aliphatic rings. The molecular formula is C22H26N3NaO4. The van der Waals surface area contributed by atoms with Crippen molar-refractivity contribution in [1.82, 2.24) is 14.5 Å². The van der Waals surface area contributed by atoms with Crippen LogP contribution in [-0.4, -0.2) is 39.6 Å². The van der Waals surface area contributed by atoms with Crippen LogP contribution in [0.3, 0.4) is 0 Å². The number of benzene rings is 1. The molecule has 0 saturated heterocycles. The van der Waals surface area contributed by atoms with Crippen molar-refractivity contribution >= 4 is 22.7 Å². The van der Waals surface area contributed by atoms with Gasteiger partial charge in [0.15, 0.2) is 0 Å². The van der Waals surface area contributed by atoms with Crippen molar-refractivity contribution in [3.63, 3.8) is 0 Å². The van der Waals surface area contributed by atoms with Crippen LogP contribution in [0.4, 0.5) is 0 Å². The van der Waals surface area contributed by atoms with Gasteiger partial charge in [-0.1, -0.05) is 44.2 Å². The quantitative estimate of drug-likeness (QED) is 0.481. The number of aromatic amines is 1. The number of hydrogen-bond acceptors (Lipinski definition) is 5. The number of para-hydroxylation sites is 2. The van der Waals surface area contributed by atoms with E-state index in [-0.39, 0.29) is 41.7 Å². The van der Waals surface area contributed by atoms with Crippen molar-refractivity contribution in [2.24, 2.45) is 0 Å². The summed E-state index contributed by atoms with van der Waals surface area (Å²) in [5.74, 6) is -1.27. The van der Waals surface area contributed by atoms with Crippen LogP contribution in [0, 0.1) is 0 Å². The predicted octanol–water partition coefficient (Wildman–Crippen LogP) is -1.53. The van der Waals surface area contributed by atoms with Gasteiger partial charge < -0.3 is 14.9 Å². The largest absolute Gasteiger partial charge is 1.00 e. The van der Waals surface area contributed by atoms with Gasteiger partial charge in [0.05, 0.1) is 17.0 Å². The van der Waals surface area contributed by atoms with Crippen molar-refractivity contribution in [3.05, 3.63) is 50.5 Å². The second-order valence-electron chi connectivity index (χ2n) is 8.04. The molecule has 8 heteroatoms. The standard InChI is InChI=1S/C22H27N3O4.Na/c26-20-21(27)25(19-11-7-6-10-17(19)23-20)18-12-13-24(14-16(18)22(28)29)15-8-4-2-1-3-5-9-15;/h6-7,10-11,15H,1-5,8-9,12-14H2,(H,23,26)(H,28,29);/q;+1/p-1. The SMILES string of the molecule is O=C([O-])C1=C(n2c(=O)c(=O)[nH]c3ccccc32)CCN(C2CCCCCCC2)C1.[Na+]. The van der Waals surface area contributed by atoms with Crippen LogP contribution in [-0.2, 0) is 4.79 Å². The molecule has 0 unspecified atom stereocenters. The van der Waals surface area contributed by atoms with Gasteiger partial charge in [-0.05, 0) is 25.0 Å². The Morgan fingerprint density at radius 3 is 2.40 bits per heavy atom. The summed E-state index contributed by atoms with van der Waals surface area (Å²) < 4.78 is 1.27. The zero-order valence-electron chi connectivity index (χ0n) is 17.5. The Morgan fingerprint density at radius 2 is 1.70 bits per heavy atom. The molecule has 0 spiro atoms. The first-order valence-corrected chi connectivity index (χ1v) is 10.5. The molecule has 0 radical (unpaired) electrons. The maximum Gasteiger partial charge on any atom is 1.00 e. The third-order valence-corrected chi connectivity index (χ3v) is 6.24. The number of nitrogens with one attached hydrogen (secondary N) is 1. The zero-order chi connectivity index (χ0) is 20.4. The van der Waals surface area contributed by atoms with E-state index in [1.54, 1.807) is 24.3 Å². The number of H-pyrrole nitrogens is 1. The van der Waals surface area contributed by atoms with Crippen LogP contribution in [0.5, 0.6) is 0 Å². The van der Waals surface area contributed by atoms with Crippen molar-refractivity contribution < 1.29 is 39.5 Å². The number of aliphatic carboxylic acids is 1. The van der Waals surface area contributed by atoms with E-state index in [0.717, 1.165) is 25.7 Å². The number of carbonyl (C=O) groups is 1. The Labute approximate surface area is 197 Å². The van der Waals surface area contributed by atoms with E-state index in [0.29, 0.717) is 35.7 Å². The molecule has 154 valence electrons. The number of rotatable bonds is 3. The molecule has 4 rings (SSSR count). The topological polar surface area (TPSA) is 98.2 Å². The number of hydrogen-bond donors (Lipinski definition) is 1. The summed E-state index contributed by atoms with van der Waals surface area (Å²) >= 11 is 0. The first-order valence-electron chi connectivity index (χ1n) is 10.5. The first kappa shape index (κ1) is 23.0. The van der Waals surface area contributed by atoms with Crippen LogP contribution in [0.25, 0.3) is 16.7 Å². The molecule has 30 heavy (non-hydrogen) atoms. The summed E-state index contributed by atoms with van der Waals surface area (Å²) in [6, 6.07) is 7.31. The third-order valence-electron chi connectivity index (χ3n) is 6.24. The second-order valence-corrected chi connectivity index (χ2v) is 8.04. The van der Waals surface area contributed by atoms with Crippen molar-refractivity contribution in [2.45, 2.75) is 57.4 Å². The summed E-state index contributed by atoms with van der Waals surface area (Å²) in [6.07, 6.45) is 8.60. The van der Waals surface area contributed by atoms with Gasteiger partial charge >= 0.3 is 40.7 Å². The molecule has 1 fully saturated rings. The van der Waals surface area contributed by atoms with Crippen LogP contribution >= 0.6 is 0 Å². The van der Waals surface area contributed by atoms with Gasteiger partial charge in [-0.3, -0.25) is 19.1 Å². The number of fused-ring (bicyclic) bond motifs is 1. The number of carboxylic acids is 1. The molecule has 1 aromatic heterocycles. The first-order chi connectivity index (χ1) is 14.1. The van der Waals surface area contributed by atoms with Crippen LogP contribution in [0.15, 0.2) is 39.4 Å². The van der Waals surface area contributed by atoms with E-state index in [9.17, 15) is 19.5 Å². The van der Waals surface area contributed by atoms with Crippen LogP contribution < -0.4 is 45.8 Å². The summed E-state index contributed by atoms with van der Waals surface area (Å²) in [6.45, 7) is 0.917. The van der Waals surface area contributed by atoms with E-state index in [1.165, 1.54) is 23.8 Å². The second kappa shape index (κ2) is 10.1. The Balaban J connectivity index is 0.00000256. The zero-order valence-corrected chi connectivity index (χ0v) is 19.5. The van der Waals surface area contributed by atoms with Gasteiger partial charge in [0.1, 0.15) is 0 Å².